The first kappa shape index (κ1) is 92.4. The second kappa shape index (κ2) is 46.8. The Bertz CT molecular complexity index is 4570. The number of nitrogens with two attached hydrogens (primary N) is 2. The molecular weight excluding hydrogens is 1800 g/mol. The van der Waals surface area contributed by atoms with Gasteiger partial charge in [0.1, 0.15) is 36.4 Å². The van der Waals surface area contributed by atoms with Crippen LogP contribution in [0, 0.1) is 65.4 Å². The molecule has 0 atom stereocenters. The number of nitro groups is 2. The molecule has 0 aliphatic carbocycles. The molecule has 11 heterocycles. The quantitative estimate of drug-likeness (QED) is 0.0328. The number of aromatic amines is 1. The van der Waals surface area contributed by atoms with Crippen LogP contribution in [-0.4, -0.2) is 260 Å². The molecule has 0 unspecified atom stereocenters. The summed E-state index contributed by atoms with van der Waals surface area (Å²) in [5, 5.41) is 52.4. The minimum absolute atomic E-state index is 0.122. The predicted octanol–water partition coefficient (Wildman–Crippen LogP) is 11.6. The number of nitrogens with one attached hydrogen (secondary N) is 1. The topological polar surface area (TPSA) is 341 Å². The highest BCUT2D eigenvalue weighted by Gasteiger charge is 2.33. The number of hydrogen-bond donors (Lipinski definition) is 5. The Morgan fingerprint density at radius 3 is 1.09 bits per heavy atom. The van der Waals surface area contributed by atoms with Crippen molar-refractivity contribution in [2.45, 2.75) is 71.1 Å². The summed E-state index contributed by atoms with van der Waals surface area (Å²) >= 11 is 12.5. The molecule has 0 bridgehead atoms. The molecule has 8 fully saturated rings. The molecule has 119 heavy (non-hydrogen) atoms. The van der Waals surface area contributed by atoms with E-state index in [0.717, 1.165) is 176 Å². The number of nitrogens with zero attached hydrogens (tertiary/aromatic N) is 17. The number of rotatable bonds is 12. The molecule has 8 aliphatic heterocycles. The monoisotopic (exact) mass is 1900 g/mol. The van der Waals surface area contributed by atoms with Gasteiger partial charge in [-0.05, 0) is 226 Å². The van der Waals surface area contributed by atoms with Crippen molar-refractivity contribution in [3.05, 3.63) is 243 Å². The number of nitro benzene ring substituents is 2. The van der Waals surface area contributed by atoms with E-state index >= 15 is 0 Å². The van der Waals surface area contributed by atoms with Crippen molar-refractivity contribution in [2.24, 2.45) is 0 Å². The Morgan fingerprint density at radius 2 is 0.798 bits per heavy atom. The fraction of sp³-hybridized carbons (Fsp3) is 0.407. The van der Waals surface area contributed by atoms with Crippen LogP contribution in [0.4, 0.5) is 53.0 Å². The Hall–Kier alpha value is -8.87. The van der Waals surface area contributed by atoms with Crippen LogP contribution in [0.25, 0.3) is 11.4 Å². The molecule has 0 spiro atoms. The number of halogens is 7. The summed E-state index contributed by atoms with van der Waals surface area (Å²) in [6.45, 7) is 30.5. The zero-order valence-corrected chi connectivity index (χ0v) is 73.1. The third kappa shape index (κ3) is 30.1. The van der Waals surface area contributed by atoms with Crippen LogP contribution in [-0.2, 0) is 18.9 Å². The fourth-order valence-corrected chi connectivity index (χ4v) is 15.0. The predicted molar refractivity (Wildman–Crippen MR) is 468 cm³/mol. The number of piperazine rings is 3. The van der Waals surface area contributed by atoms with Crippen molar-refractivity contribution < 1.29 is 52.0 Å². The number of hydrogen-bond acceptors (Lipinski definition) is 25. The van der Waals surface area contributed by atoms with E-state index < -0.39 is 17.9 Å². The largest absolute Gasteiger partial charge is 0.488 e. The van der Waals surface area contributed by atoms with E-state index in [1.165, 1.54) is 138 Å². The van der Waals surface area contributed by atoms with Gasteiger partial charge in [-0.2, -0.15) is 5.10 Å². The fourth-order valence-electron chi connectivity index (χ4n) is 13.7. The number of piperidine rings is 1. The standard InChI is InChI=1S/C14H19N3O3.2C14H21N3O.2C8H5BrFN3.C8H15NO.C7H6BrNO2.C6H6BFO2.C2H2BrN3/c1-11-6-12(8-13(7-11)17(18)19)15-2-4-16(5-3-15)14-9-20-10-14;2*1-11-6-12(15)8-13(7-11)16-2-4-17(5-3-16)14-9-18-10-14;2*9-8-11-5-13(12-8)7-3-1-2-6(10)4-7;1-2-4-9(5-3-1)8-6-10-7-8;1-5-2-6(8)4-7(3-5)9(10)11;8-6-3-1-2-5(4-6)7(9)10;3-2-4-1-5-6-2/h6-8,14H,2-5,9-10H2,1H3;2*6-8,14H,2-5,9-10,15H2,1H3;2*1-5H;8H,1-7H2;2-4H,1H3;1-4,9-10H;1H,(H,4,5,6). The van der Waals surface area contributed by atoms with Crippen LogP contribution in [0.2, 0.25) is 0 Å². The Labute approximate surface area is 723 Å². The molecule has 7 aromatic carbocycles. The number of aromatic nitrogens is 9. The number of non-ortho nitro benzene ring substituents is 2. The van der Waals surface area contributed by atoms with Gasteiger partial charge in [-0.1, -0.05) is 46.6 Å². The lowest BCUT2D eigenvalue weighted by Gasteiger charge is -2.43. The SMILES string of the molecule is Brc1ncn[nH]1.C1CCN(C2COC2)CC1.Cc1cc(Br)cc([N+](=O)[O-])c1.Cc1cc(N)cc(N2CCN(C3COC3)CC2)c1.Cc1cc(N)cc(N2CCN(C3COC3)CC2)c1.Cc1cc(N2CCN(C3COC3)CC2)cc([N+](=O)[O-])c1.Fc1cccc(-n2cnc(Br)n2)c1.Fc1cccc(-n2cnc(Br)n2)c1.OB(O)c1cccc(F)c1. The summed E-state index contributed by atoms with van der Waals surface area (Å²) in [6.07, 6.45) is 8.69. The zero-order valence-electron chi connectivity index (χ0n) is 66.7. The molecule has 38 heteroatoms. The van der Waals surface area contributed by atoms with E-state index in [4.69, 9.17) is 40.5 Å². The number of H-pyrrole nitrogens is 1. The molecule has 0 radical (unpaired) electrons. The van der Waals surface area contributed by atoms with Gasteiger partial charge in [0.2, 0.25) is 9.47 Å². The Morgan fingerprint density at radius 1 is 0.437 bits per heavy atom. The van der Waals surface area contributed by atoms with Crippen molar-refractivity contribution in [3.8, 4) is 11.4 Å². The van der Waals surface area contributed by atoms with E-state index in [0.29, 0.717) is 43.7 Å². The number of anilines is 5. The van der Waals surface area contributed by atoms with Gasteiger partial charge in [-0.3, -0.25) is 44.9 Å². The number of ether oxygens (including phenoxy) is 4. The second-order valence-corrected chi connectivity index (χ2v) is 32.3. The Kier molecular flexibility index (Phi) is 36.3. The lowest BCUT2D eigenvalue weighted by atomic mass is 9.80. The van der Waals surface area contributed by atoms with Crippen LogP contribution < -0.4 is 31.6 Å². The molecule has 0 saturated carbocycles. The molecule has 10 aromatic rings. The van der Waals surface area contributed by atoms with E-state index in [2.05, 4.69) is 171 Å². The summed E-state index contributed by atoms with van der Waals surface area (Å²) in [6, 6.07) is 42.9. The number of likely N-dealkylation sites (tertiary alicyclic amines) is 1. The van der Waals surface area contributed by atoms with Crippen molar-refractivity contribution in [1.82, 2.24) is 64.3 Å². The van der Waals surface area contributed by atoms with Crippen LogP contribution in [0.5, 0.6) is 0 Å². The molecule has 0 amide bonds. The summed E-state index contributed by atoms with van der Waals surface area (Å²) in [5.74, 6) is -1.04. The van der Waals surface area contributed by atoms with Gasteiger partial charge in [-0.25, -0.2) is 37.5 Å². The van der Waals surface area contributed by atoms with Gasteiger partial charge in [0.05, 0.1) is 98.2 Å². The third-order valence-electron chi connectivity index (χ3n) is 20.2. The van der Waals surface area contributed by atoms with E-state index in [1.54, 1.807) is 36.4 Å². The first-order valence-corrected chi connectivity index (χ1v) is 42.1. The van der Waals surface area contributed by atoms with Crippen molar-refractivity contribution in [3.63, 3.8) is 0 Å². The van der Waals surface area contributed by atoms with Gasteiger partial charge in [0, 0.05) is 136 Å². The highest BCUT2D eigenvalue weighted by atomic mass is 79.9. The van der Waals surface area contributed by atoms with Crippen LogP contribution >= 0.6 is 63.7 Å². The summed E-state index contributed by atoms with van der Waals surface area (Å²) in [7, 11) is -1.59. The van der Waals surface area contributed by atoms with E-state index in [-0.39, 0.29) is 33.4 Å². The lowest BCUT2D eigenvalue weighted by molar-refractivity contribution is -0.385. The highest BCUT2D eigenvalue weighted by molar-refractivity contribution is 9.11. The van der Waals surface area contributed by atoms with Gasteiger partial charge in [-0.15, -0.1) is 10.2 Å². The average Bonchev–Trinajstić information content (AvgIpc) is 1.40. The van der Waals surface area contributed by atoms with Crippen molar-refractivity contribution in [2.75, 3.05) is 171 Å². The molecule has 7 N–H and O–H groups in total. The highest BCUT2D eigenvalue weighted by Crippen LogP contribution is 2.29. The first-order chi connectivity index (χ1) is 57.2. The third-order valence-corrected chi connectivity index (χ3v) is 21.8. The van der Waals surface area contributed by atoms with Crippen molar-refractivity contribution >= 4 is 116 Å². The van der Waals surface area contributed by atoms with E-state index in [9.17, 15) is 33.4 Å². The summed E-state index contributed by atoms with van der Waals surface area (Å²) in [5.41, 5.74) is 23.1. The molecule has 18 rings (SSSR count). The number of aryl methyl sites for hydroxylation is 4. The van der Waals surface area contributed by atoms with Crippen molar-refractivity contribution in [1.29, 1.82) is 0 Å². The van der Waals surface area contributed by atoms with Crippen LogP contribution in [0.15, 0.2) is 183 Å². The average molecular weight is 1900 g/mol. The maximum Gasteiger partial charge on any atom is 0.488 e. The zero-order chi connectivity index (χ0) is 84.9. The second-order valence-electron chi connectivity index (χ2n) is 29.2. The molecule has 3 aromatic heterocycles. The summed E-state index contributed by atoms with van der Waals surface area (Å²) < 4.78 is 64.1. The lowest BCUT2D eigenvalue weighted by Crippen LogP contribution is -2.56. The molecular formula is C81H100BBr4F3N20O10. The molecule has 8 aliphatic rings. The number of benzene rings is 7. The Balaban J connectivity index is 0.000000143. The summed E-state index contributed by atoms with van der Waals surface area (Å²) in [4.78, 5) is 49.1. The molecule has 8 saturated heterocycles. The van der Waals surface area contributed by atoms with Crippen LogP contribution in [0.3, 0.4) is 0 Å². The number of nitrogen functional groups attached to an aromatic ring is 2. The maximum absolute atomic E-state index is 12.8. The molecule has 30 nitrogen and oxygen atoms in total. The first-order valence-electron chi connectivity index (χ1n) is 39.0. The van der Waals surface area contributed by atoms with Gasteiger partial charge >= 0.3 is 7.12 Å². The van der Waals surface area contributed by atoms with Gasteiger partial charge in [0.15, 0.2) is 4.73 Å². The normalized spacial score (nSPS) is 17.0. The molecule has 636 valence electrons. The smallest absolute Gasteiger partial charge is 0.423 e. The van der Waals surface area contributed by atoms with Crippen LogP contribution in [0.1, 0.15) is 41.5 Å². The maximum atomic E-state index is 12.8. The minimum Gasteiger partial charge on any atom is -0.423 e. The minimum atomic E-state index is -1.59. The van der Waals surface area contributed by atoms with Gasteiger partial charge < -0.3 is 55.2 Å². The van der Waals surface area contributed by atoms with Gasteiger partial charge in [0.25, 0.3) is 11.4 Å². The van der Waals surface area contributed by atoms with E-state index in [1.807, 2.05) is 38.1 Å².